The summed E-state index contributed by atoms with van der Waals surface area (Å²) in [7, 11) is 3.75. The van der Waals surface area contributed by atoms with Gasteiger partial charge in [0.25, 0.3) is 0 Å². The van der Waals surface area contributed by atoms with Gasteiger partial charge in [-0.1, -0.05) is 30.3 Å². The zero-order valence-corrected chi connectivity index (χ0v) is 10.1. The Bertz CT molecular complexity index is 477. The van der Waals surface area contributed by atoms with E-state index in [0.29, 0.717) is 6.42 Å². The zero-order chi connectivity index (χ0) is 12.3. The average molecular weight is 231 g/mol. The number of nitrogens with two attached hydrogens (primary N) is 1. The van der Waals surface area contributed by atoms with Crippen molar-refractivity contribution in [1.29, 1.82) is 0 Å². The number of hydrogen-bond acceptors (Lipinski definition) is 4. The molecule has 1 unspecified atom stereocenters. The predicted molar refractivity (Wildman–Crippen MR) is 67.6 cm³/mol. The molecule has 0 aliphatic heterocycles. The molecule has 2 aromatic rings. The van der Waals surface area contributed by atoms with Crippen molar-refractivity contribution < 1.29 is 0 Å². The third-order valence-corrected chi connectivity index (χ3v) is 2.82. The van der Waals surface area contributed by atoms with Crippen molar-refractivity contribution in [3.8, 4) is 0 Å². The Morgan fingerprint density at radius 1 is 1.29 bits per heavy atom. The first kappa shape index (κ1) is 11.6. The molecule has 0 spiro atoms. The largest absolute Gasteiger partial charge is 0.357 e. The van der Waals surface area contributed by atoms with Gasteiger partial charge in [-0.15, -0.1) is 10.2 Å². The third-order valence-electron chi connectivity index (χ3n) is 2.82. The second-order valence-electron chi connectivity index (χ2n) is 3.97. The summed E-state index contributed by atoms with van der Waals surface area (Å²) in [5, 5.41) is 11.1. The molecular formula is C12H17N5. The molecule has 17 heavy (non-hydrogen) atoms. The summed E-state index contributed by atoms with van der Waals surface area (Å²) in [6, 6.07) is 9.97. The summed E-state index contributed by atoms with van der Waals surface area (Å²) in [5.74, 6) is 1.63. The quantitative estimate of drug-likeness (QED) is 0.826. The number of anilines is 1. The first-order valence-electron chi connectivity index (χ1n) is 5.59. The number of rotatable bonds is 4. The van der Waals surface area contributed by atoms with E-state index in [9.17, 15) is 0 Å². The van der Waals surface area contributed by atoms with Crippen LogP contribution in [0.25, 0.3) is 0 Å². The smallest absolute Gasteiger partial charge is 0.224 e. The van der Waals surface area contributed by atoms with Crippen molar-refractivity contribution in [2.45, 2.75) is 12.5 Å². The minimum atomic E-state index is -0.0520. The Morgan fingerprint density at radius 2 is 2.00 bits per heavy atom. The molecule has 0 radical (unpaired) electrons. The third kappa shape index (κ3) is 2.45. The highest BCUT2D eigenvalue weighted by molar-refractivity contribution is 5.25. The van der Waals surface area contributed by atoms with E-state index in [1.165, 1.54) is 0 Å². The normalized spacial score (nSPS) is 12.4. The maximum atomic E-state index is 6.15. The summed E-state index contributed by atoms with van der Waals surface area (Å²) < 4.78 is 1.92. The van der Waals surface area contributed by atoms with Crippen LogP contribution in [0, 0.1) is 0 Å². The van der Waals surface area contributed by atoms with Gasteiger partial charge in [0.2, 0.25) is 5.95 Å². The van der Waals surface area contributed by atoms with E-state index in [0.717, 1.165) is 17.3 Å². The fourth-order valence-electron chi connectivity index (χ4n) is 1.77. The molecule has 1 heterocycles. The van der Waals surface area contributed by atoms with Crippen molar-refractivity contribution >= 4 is 5.95 Å². The Kier molecular flexibility index (Phi) is 3.39. The highest BCUT2D eigenvalue weighted by atomic mass is 15.3. The minimum absolute atomic E-state index is 0.0520. The number of hydrogen-bond donors (Lipinski definition) is 2. The molecule has 0 saturated heterocycles. The fraction of sp³-hybridized carbons (Fsp3) is 0.333. The van der Waals surface area contributed by atoms with Crippen molar-refractivity contribution in [3.63, 3.8) is 0 Å². The van der Waals surface area contributed by atoms with Crippen LogP contribution in [-0.2, 0) is 13.5 Å². The van der Waals surface area contributed by atoms with Crippen molar-refractivity contribution in [2.24, 2.45) is 12.8 Å². The summed E-state index contributed by atoms with van der Waals surface area (Å²) in [5.41, 5.74) is 7.26. The summed E-state index contributed by atoms with van der Waals surface area (Å²) in [6.45, 7) is 0. The van der Waals surface area contributed by atoms with Crippen LogP contribution in [0.1, 0.15) is 17.4 Å². The lowest BCUT2D eigenvalue weighted by Crippen LogP contribution is -2.16. The Labute approximate surface area is 101 Å². The average Bonchev–Trinajstić information content (AvgIpc) is 2.71. The highest BCUT2D eigenvalue weighted by Gasteiger charge is 2.12. The molecular weight excluding hydrogens is 214 g/mol. The maximum absolute atomic E-state index is 6.15. The zero-order valence-electron chi connectivity index (χ0n) is 10.1. The summed E-state index contributed by atoms with van der Waals surface area (Å²) in [4.78, 5) is 0. The molecule has 3 N–H and O–H groups in total. The standard InChI is InChI=1S/C12H17N5/c1-14-12-16-15-11(17(12)2)8-10(13)9-6-4-3-5-7-9/h3-7,10H,8,13H2,1-2H3,(H,14,16). The summed E-state index contributed by atoms with van der Waals surface area (Å²) in [6.07, 6.45) is 0.676. The van der Waals surface area contributed by atoms with E-state index in [1.54, 1.807) is 0 Å². The monoisotopic (exact) mass is 231 g/mol. The number of aromatic nitrogens is 3. The maximum Gasteiger partial charge on any atom is 0.224 e. The van der Waals surface area contributed by atoms with Gasteiger partial charge in [-0.05, 0) is 5.56 Å². The molecule has 5 heteroatoms. The van der Waals surface area contributed by atoms with Crippen molar-refractivity contribution in [2.75, 3.05) is 12.4 Å². The van der Waals surface area contributed by atoms with Gasteiger partial charge in [0.1, 0.15) is 5.82 Å². The van der Waals surface area contributed by atoms with Crippen LogP contribution in [0.2, 0.25) is 0 Å². The second-order valence-corrected chi connectivity index (χ2v) is 3.97. The molecule has 2 rings (SSSR count). The number of benzene rings is 1. The lowest BCUT2D eigenvalue weighted by atomic mass is 10.0. The highest BCUT2D eigenvalue weighted by Crippen LogP contribution is 2.15. The molecule has 1 aromatic heterocycles. The molecule has 90 valence electrons. The van der Waals surface area contributed by atoms with Crippen LogP contribution in [-0.4, -0.2) is 21.8 Å². The van der Waals surface area contributed by atoms with Gasteiger partial charge in [-0.25, -0.2) is 0 Å². The molecule has 1 atom stereocenters. The van der Waals surface area contributed by atoms with Gasteiger partial charge in [-0.2, -0.15) is 0 Å². The van der Waals surface area contributed by atoms with E-state index in [1.807, 2.05) is 49.0 Å². The Hall–Kier alpha value is -1.88. The topological polar surface area (TPSA) is 68.8 Å². The minimum Gasteiger partial charge on any atom is -0.357 e. The van der Waals surface area contributed by atoms with Crippen LogP contribution < -0.4 is 11.1 Å². The SMILES string of the molecule is CNc1nnc(CC(N)c2ccccc2)n1C. The van der Waals surface area contributed by atoms with E-state index < -0.39 is 0 Å². The number of nitrogens with zero attached hydrogens (tertiary/aromatic N) is 3. The molecule has 0 bridgehead atoms. The summed E-state index contributed by atoms with van der Waals surface area (Å²) >= 11 is 0. The first-order chi connectivity index (χ1) is 8.22. The van der Waals surface area contributed by atoms with Gasteiger partial charge in [0.15, 0.2) is 0 Å². The first-order valence-corrected chi connectivity index (χ1v) is 5.59. The van der Waals surface area contributed by atoms with Crippen LogP contribution in [0.15, 0.2) is 30.3 Å². The second kappa shape index (κ2) is 4.97. The van der Waals surface area contributed by atoms with Crippen LogP contribution in [0.3, 0.4) is 0 Å². The van der Waals surface area contributed by atoms with Crippen LogP contribution >= 0.6 is 0 Å². The molecule has 0 amide bonds. The van der Waals surface area contributed by atoms with Crippen LogP contribution in [0.5, 0.6) is 0 Å². The lowest BCUT2D eigenvalue weighted by molar-refractivity contribution is 0.659. The van der Waals surface area contributed by atoms with Crippen molar-refractivity contribution in [1.82, 2.24) is 14.8 Å². The predicted octanol–water partition coefficient (Wildman–Crippen LogP) is 1.10. The lowest BCUT2D eigenvalue weighted by Gasteiger charge is -2.11. The molecule has 1 aromatic carbocycles. The van der Waals surface area contributed by atoms with Crippen molar-refractivity contribution in [3.05, 3.63) is 41.7 Å². The van der Waals surface area contributed by atoms with Crippen LogP contribution in [0.4, 0.5) is 5.95 Å². The Balaban J connectivity index is 2.13. The van der Waals surface area contributed by atoms with Gasteiger partial charge in [0, 0.05) is 26.6 Å². The van der Waals surface area contributed by atoms with E-state index >= 15 is 0 Å². The number of nitrogens with one attached hydrogen (secondary N) is 1. The Morgan fingerprint density at radius 3 is 2.59 bits per heavy atom. The van der Waals surface area contributed by atoms with Gasteiger partial charge >= 0.3 is 0 Å². The van der Waals surface area contributed by atoms with Gasteiger partial charge in [0.05, 0.1) is 0 Å². The fourth-order valence-corrected chi connectivity index (χ4v) is 1.77. The van der Waals surface area contributed by atoms with Gasteiger partial charge < -0.3 is 15.6 Å². The molecule has 0 aliphatic carbocycles. The molecule has 0 saturated carbocycles. The molecule has 5 nitrogen and oxygen atoms in total. The van der Waals surface area contributed by atoms with Gasteiger partial charge in [-0.3, -0.25) is 0 Å². The van der Waals surface area contributed by atoms with E-state index in [-0.39, 0.29) is 6.04 Å². The van der Waals surface area contributed by atoms with E-state index in [2.05, 4.69) is 15.5 Å². The molecule has 0 fully saturated rings. The molecule has 0 aliphatic rings. The van der Waals surface area contributed by atoms with E-state index in [4.69, 9.17) is 5.73 Å².